The summed E-state index contributed by atoms with van der Waals surface area (Å²) in [5, 5.41) is 31.7. The average molecular weight is 531 g/mol. The summed E-state index contributed by atoms with van der Waals surface area (Å²) in [6.07, 6.45) is 18.7. The normalized spacial score (nSPS) is 35.9. The van der Waals surface area contributed by atoms with E-state index < -0.39 is 18.3 Å². The summed E-state index contributed by atoms with van der Waals surface area (Å²) in [5.74, 6) is 1.62. The maximum absolute atomic E-state index is 11.3. The number of fused-ring (bicyclic) bond motifs is 1. The molecule has 0 saturated heterocycles. The summed E-state index contributed by atoms with van der Waals surface area (Å²) in [6, 6.07) is 8.98. The average Bonchev–Trinajstić information content (AvgIpc) is 3.65. The smallest absolute Gasteiger partial charge is 0.0817 e. The first-order valence-electron chi connectivity index (χ1n) is 15.6. The van der Waals surface area contributed by atoms with Crippen molar-refractivity contribution in [2.24, 2.45) is 23.2 Å². The molecule has 4 saturated carbocycles. The van der Waals surface area contributed by atoms with E-state index in [1.807, 2.05) is 0 Å². The number of rotatable bonds is 8. The van der Waals surface area contributed by atoms with Gasteiger partial charge in [-0.25, -0.2) is 0 Å². The molecule has 0 aromatic heterocycles. The van der Waals surface area contributed by atoms with Crippen molar-refractivity contribution >= 4 is 0 Å². The molecule has 3 nitrogen and oxygen atoms in total. The SMILES string of the molecule is C=C1/C(=C\C=C2/CCC[C@]3(C)[C@@H]([C@H](C)/C=C/[C@@H](O)C4(c5ccc(CCC)cc5)CC4)CC[C@@H]23)C[C@@H](O)C[C@@H]1O. The van der Waals surface area contributed by atoms with E-state index in [2.05, 4.69) is 75.9 Å². The minimum Gasteiger partial charge on any atom is -0.393 e. The van der Waals surface area contributed by atoms with Crippen molar-refractivity contribution < 1.29 is 15.3 Å². The van der Waals surface area contributed by atoms with Gasteiger partial charge in [0.25, 0.3) is 0 Å². The van der Waals surface area contributed by atoms with E-state index in [-0.39, 0.29) is 10.8 Å². The van der Waals surface area contributed by atoms with Gasteiger partial charge in [0.1, 0.15) is 0 Å². The van der Waals surface area contributed by atoms with Crippen LogP contribution >= 0.6 is 0 Å². The van der Waals surface area contributed by atoms with Gasteiger partial charge >= 0.3 is 0 Å². The molecule has 0 heterocycles. The molecule has 39 heavy (non-hydrogen) atoms. The lowest BCUT2D eigenvalue weighted by Crippen LogP contribution is -2.35. The van der Waals surface area contributed by atoms with E-state index in [0.29, 0.717) is 30.6 Å². The summed E-state index contributed by atoms with van der Waals surface area (Å²) >= 11 is 0. The molecular weight excluding hydrogens is 480 g/mol. The summed E-state index contributed by atoms with van der Waals surface area (Å²) in [4.78, 5) is 0. The predicted molar refractivity (Wildman–Crippen MR) is 160 cm³/mol. The molecule has 1 aromatic rings. The maximum Gasteiger partial charge on any atom is 0.0817 e. The van der Waals surface area contributed by atoms with Crippen molar-refractivity contribution in [3.8, 4) is 0 Å². The van der Waals surface area contributed by atoms with Crippen LogP contribution in [0.4, 0.5) is 0 Å². The van der Waals surface area contributed by atoms with Gasteiger partial charge in [-0.3, -0.25) is 0 Å². The Kier molecular flexibility index (Phi) is 8.43. The zero-order valence-electron chi connectivity index (χ0n) is 24.4. The fourth-order valence-corrected chi connectivity index (χ4v) is 8.39. The quantitative estimate of drug-likeness (QED) is 0.308. The van der Waals surface area contributed by atoms with Gasteiger partial charge in [0.15, 0.2) is 0 Å². The second-order valence-corrected chi connectivity index (χ2v) is 13.5. The second-order valence-electron chi connectivity index (χ2n) is 13.5. The van der Waals surface area contributed by atoms with Gasteiger partial charge in [0.2, 0.25) is 0 Å². The number of aliphatic hydroxyl groups excluding tert-OH is 3. The fourth-order valence-electron chi connectivity index (χ4n) is 8.39. The molecule has 0 amide bonds. The highest BCUT2D eigenvalue weighted by Gasteiger charge is 2.51. The van der Waals surface area contributed by atoms with Crippen LogP contribution in [0.15, 0.2) is 71.9 Å². The molecule has 0 unspecified atom stereocenters. The Morgan fingerprint density at radius 3 is 2.49 bits per heavy atom. The third-order valence-corrected chi connectivity index (χ3v) is 11.0. The first-order valence-corrected chi connectivity index (χ1v) is 15.6. The number of aryl methyl sites for hydroxylation is 1. The van der Waals surface area contributed by atoms with Gasteiger partial charge in [-0.2, -0.15) is 0 Å². The van der Waals surface area contributed by atoms with Crippen LogP contribution in [0.2, 0.25) is 0 Å². The van der Waals surface area contributed by atoms with Crippen molar-refractivity contribution in [1.82, 2.24) is 0 Å². The Hall–Kier alpha value is -1.94. The Morgan fingerprint density at radius 2 is 1.79 bits per heavy atom. The molecule has 1 aromatic carbocycles. The zero-order valence-corrected chi connectivity index (χ0v) is 24.4. The maximum atomic E-state index is 11.3. The zero-order chi connectivity index (χ0) is 27.8. The van der Waals surface area contributed by atoms with Crippen LogP contribution in [0, 0.1) is 23.2 Å². The van der Waals surface area contributed by atoms with Crippen LogP contribution in [-0.2, 0) is 11.8 Å². The Morgan fingerprint density at radius 1 is 1.05 bits per heavy atom. The Bertz CT molecular complexity index is 1120. The lowest BCUT2D eigenvalue weighted by molar-refractivity contribution is 0.0862. The van der Waals surface area contributed by atoms with Crippen molar-refractivity contribution in [2.75, 3.05) is 0 Å². The van der Waals surface area contributed by atoms with Gasteiger partial charge < -0.3 is 15.3 Å². The van der Waals surface area contributed by atoms with Crippen molar-refractivity contribution in [1.29, 1.82) is 0 Å². The molecule has 0 aliphatic heterocycles. The molecule has 7 atom stereocenters. The van der Waals surface area contributed by atoms with E-state index in [1.54, 1.807) is 0 Å². The molecule has 5 rings (SSSR count). The summed E-state index contributed by atoms with van der Waals surface area (Å²) in [5.41, 5.74) is 6.14. The van der Waals surface area contributed by atoms with Gasteiger partial charge in [0.05, 0.1) is 18.3 Å². The highest BCUT2D eigenvalue weighted by Crippen LogP contribution is 2.60. The molecule has 3 N–H and O–H groups in total. The third-order valence-electron chi connectivity index (χ3n) is 11.0. The molecule has 4 aliphatic rings. The standard InChI is InChI=1S/C36H50O3/c1-5-7-26-10-14-29(15-11-26)36(20-21-36)34(39)18-9-24(2)31-16-17-32-27(8-6-19-35(31,32)4)12-13-28-22-30(37)23-33(38)25(28)3/h9-15,18,24,30-34,37-39H,3,5-8,16-17,19-23H2,1-2,4H3/b18-9+,27-12+,28-13-/t24-,30-,31-,32+,33+,34-,35-/m1/s1. The van der Waals surface area contributed by atoms with E-state index in [0.717, 1.165) is 43.3 Å². The molecule has 0 bridgehead atoms. The van der Waals surface area contributed by atoms with Crippen molar-refractivity contribution in [3.05, 3.63) is 83.0 Å². The van der Waals surface area contributed by atoms with Crippen LogP contribution in [0.3, 0.4) is 0 Å². The molecule has 0 spiro atoms. The predicted octanol–water partition coefficient (Wildman–Crippen LogP) is 7.36. The van der Waals surface area contributed by atoms with Crippen LogP contribution in [0.25, 0.3) is 0 Å². The van der Waals surface area contributed by atoms with E-state index >= 15 is 0 Å². The van der Waals surface area contributed by atoms with Crippen LogP contribution < -0.4 is 0 Å². The summed E-state index contributed by atoms with van der Waals surface area (Å²) in [7, 11) is 0. The number of hydrogen-bond donors (Lipinski definition) is 3. The molecule has 3 heteroatoms. The van der Waals surface area contributed by atoms with Gasteiger partial charge in [0, 0.05) is 11.8 Å². The van der Waals surface area contributed by atoms with Crippen LogP contribution in [0.5, 0.6) is 0 Å². The van der Waals surface area contributed by atoms with Crippen molar-refractivity contribution in [2.45, 2.75) is 115 Å². The minimum absolute atomic E-state index is 0.0956. The number of hydrogen-bond acceptors (Lipinski definition) is 3. The fraction of sp³-hybridized carbons (Fsp3) is 0.611. The van der Waals surface area contributed by atoms with E-state index in [9.17, 15) is 15.3 Å². The summed E-state index contributed by atoms with van der Waals surface area (Å²) in [6.45, 7) is 11.2. The minimum atomic E-state index is -0.635. The molecule has 4 fully saturated rings. The van der Waals surface area contributed by atoms with Gasteiger partial charge in [-0.1, -0.05) is 87.9 Å². The van der Waals surface area contributed by atoms with E-state index in [4.69, 9.17) is 0 Å². The largest absolute Gasteiger partial charge is 0.393 e. The Balaban J connectivity index is 1.27. The van der Waals surface area contributed by atoms with E-state index in [1.165, 1.54) is 42.4 Å². The second kappa shape index (κ2) is 11.5. The van der Waals surface area contributed by atoms with Gasteiger partial charge in [-0.15, -0.1) is 0 Å². The number of benzene rings is 1. The molecule has 212 valence electrons. The topological polar surface area (TPSA) is 60.7 Å². The number of allylic oxidation sites excluding steroid dienone is 4. The third kappa shape index (κ3) is 5.65. The lowest BCUT2D eigenvalue weighted by Gasteiger charge is -2.44. The van der Waals surface area contributed by atoms with Crippen LogP contribution in [0.1, 0.15) is 96.1 Å². The monoisotopic (exact) mass is 530 g/mol. The lowest BCUT2D eigenvalue weighted by atomic mass is 9.61. The first kappa shape index (κ1) is 28.6. The van der Waals surface area contributed by atoms with Crippen molar-refractivity contribution in [3.63, 3.8) is 0 Å². The molecule has 4 aliphatic carbocycles. The Labute approximate surface area is 236 Å². The highest BCUT2D eigenvalue weighted by molar-refractivity contribution is 5.39. The summed E-state index contributed by atoms with van der Waals surface area (Å²) < 4.78 is 0. The van der Waals surface area contributed by atoms with Crippen LogP contribution in [-0.4, -0.2) is 33.6 Å². The highest BCUT2D eigenvalue weighted by atomic mass is 16.3. The molecule has 0 radical (unpaired) electrons. The first-order chi connectivity index (χ1) is 18.7. The molecular formula is C36H50O3. The van der Waals surface area contributed by atoms with Gasteiger partial charge in [-0.05, 0) is 103 Å². The number of aliphatic hydroxyl groups is 3.